The van der Waals surface area contributed by atoms with Gasteiger partial charge in [-0.2, -0.15) is 0 Å². The Bertz CT molecular complexity index is 461. The van der Waals surface area contributed by atoms with E-state index in [0.29, 0.717) is 0 Å². The molecule has 0 radical (unpaired) electrons. The van der Waals surface area contributed by atoms with Crippen LogP contribution < -0.4 is 5.32 Å². The van der Waals surface area contributed by atoms with Gasteiger partial charge in [-0.3, -0.25) is 4.79 Å². The third-order valence-corrected chi connectivity index (χ3v) is 2.80. The van der Waals surface area contributed by atoms with Gasteiger partial charge in [-0.15, -0.1) is 0 Å². The molecule has 5 nitrogen and oxygen atoms in total. The van der Waals surface area contributed by atoms with E-state index in [4.69, 9.17) is 21.8 Å². The first-order valence-corrected chi connectivity index (χ1v) is 5.89. The summed E-state index contributed by atoms with van der Waals surface area (Å²) >= 11 is 5.76. The number of amides is 1. The van der Waals surface area contributed by atoms with Crippen molar-refractivity contribution in [2.75, 3.05) is 6.61 Å². The first kappa shape index (κ1) is 15.4. The summed E-state index contributed by atoms with van der Waals surface area (Å²) in [6.45, 7) is -0.377. The first-order valence-electron chi connectivity index (χ1n) is 5.51. The van der Waals surface area contributed by atoms with Crippen LogP contribution in [-0.4, -0.2) is 34.7 Å². The normalized spacial score (nSPS) is 11.9. The van der Waals surface area contributed by atoms with Gasteiger partial charge < -0.3 is 15.5 Å². The molecule has 3 N–H and O–H groups in total. The highest BCUT2D eigenvalue weighted by Crippen LogP contribution is 2.19. The SMILES string of the molecule is O=C(Cc1c(F)cccc1Cl)N[C@@H](CCO)C(=O)O. The van der Waals surface area contributed by atoms with Gasteiger partial charge in [0.05, 0.1) is 6.42 Å². The maximum atomic E-state index is 13.4. The molecule has 0 unspecified atom stereocenters. The van der Waals surface area contributed by atoms with E-state index < -0.39 is 23.7 Å². The average Bonchev–Trinajstić information content (AvgIpc) is 2.33. The lowest BCUT2D eigenvalue weighted by molar-refractivity contribution is -0.142. The molecular weight excluding hydrogens is 277 g/mol. The molecule has 0 saturated heterocycles. The van der Waals surface area contributed by atoms with Crippen LogP contribution in [0, 0.1) is 5.82 Å². The van der Waals surface area contributed by atoms with Gasteiger partial charge in [-0.1, -0.05) is 17.7 Å². The number of benzene rings is 1. The summed E-state index contributed by atoms with van der Waals surface area (Å²) in [5.41, 5.74) is 0.00908. The Labute approximate surface area is 114 Å². The number of rotatable bonds is 6. The molecule has 104 valence electrons. The van der Waals surface area contributed by atoms with Crippen molar-refractivity contribution in [2.24, 2.45) is 0 Å². The van der Waals surface area contributed by atoms with Crippen molar-refractivity contribution in [1.29, 1.82) is 0 Å². The van der Waals surface area contributed by atoms with Crippen molar-refractivity contribution in [3.05, 3.63) is 34.6 Å². The predicted molar refractivity (Wildman–Crippen MR) is 66.4 cm³/mol. The Morgan fingerprint density at radius 3 is 2.63 bits per heavy atom. The molecule has 0 spiro atoms. The lowest BCUT2D eigenvalue weighted by Crippen LogP contribution is -2.42. The number of carbonyl (C=O) groups excluding carboxylic acids is 1. The van der Waals surface area contributed by atoms with E-state index >= 15 is 0 Å². The predicted octanol–water partition coefficient (Wildman–Crippen LogP) is 0.973. The molecule has 1 rings (SSSR count). The summed E-state index contributed by atoms with van der Waals surface area (Å²) in [6, 6.07) is 2.81. The number of carboxylic acids is 1. The number of halogens is 2. The molecule has 1 atom stereocenters. The van der Waals surface area contributed by atoms with Crippen LogP contribution in [0.25, 0.3) is 0 Å². The molecule has 0 heterocycles. The van der Waals surface area contributed by atoms with Gasteiger partial charge in [0.25, 0.3) is 0 Å². The molecule has 1 aromatic rings. The van der Waals surface area contributed by atoms with Crippen molar-refractivity contribution >= 4 is 23.5 Å². The van der Waals surface area contributed by atoms with Crippen LogP contribution in [0.15, 0.2) is 18.2 Å². The molecule has 0 saturated carbocycles. The van der Waals surface area contributed by atoms with Crippen LogP contribution >= 0.6 is 11.6 Å². The lowest BCUT2D eigenvalue weighted by atomic mass is 10.1. The molecule has 0 aromatic heterocycles. The van der Waals surface area contributed by atoms with Crippen molar-refractivity contribution in [2.45, 2.75) is 18.9 Å². The Morgan fingerprint density at radius 1 is 1.42 bits per heavy atom. The summed E-state index contributed by atoms with van der Waals surface area (Å²) in [6.07, 6.45) is -0.479. The minimum Gasteiger partial charge on any atom is -0.480 e. The average molecular weight is 290 g/mol. The highest BCUT2D eigenvalue weighted by atomic mass is 35.5. The van der Waals surface area contributed by atoms with Crippen LogP contribution in [0.3, 0.4) is 0 Å². The first-order chi connectivity index (χ1) is 8.95. The number of aliphatic carboxylic acids is 1. The zero-order valence-corrected chi connectivity index (χ0v) is 10.7. The fourth-order valence-corrected chi connectivity index (χ4v) is 1.72. The second-order valence-corrected chi connectivity index (χ2v) is 4.25. The number of nitrogens with one attached hydrogen (secondary N) is 1. The van der Waals surface area contributed by atoms with Crippen LogP contribution in [0.1, 0.15) is 12.0 Å². The molecule has 0 bridgehead atoms. The van der Waals surface area contributed by atoms with E-state index in [0.717, 1.165) is 6.07 Å². The number of aliphatic hydroxyl groups excluding tert-OH is 1. The van der Waals surface area contributed by atoms with E-state index in [1.165, 1.54) is 12.1 Å². The van der Waals surface area contributed by atoms with Crippen LogP contribution in [0.2, 0.25) is 5.02 Å². The maximum Gasteiger partial charge on any atom is 0.326 e. The van der Waals surface area contributed by atoms with E-state index in [-0.39, 0.29) is 30.0 Å². The standard InChI is InChI=1S/C12H13ClFNO4/c13-8-2-1-3-9(14)7(8)6-11(17)15-10(4-5-16)12(18)19/h1-3,10,16H,4-6H2,(H,15,17)(H,18,19)/t10-/m0/s1. The van der Waals surface area contributed by atoms with Crippen LogP contribution in [0.5, 0.6) is 0 Å². The summed E-state index contributed by atoms with van der Waals surface area (Å²) in [7, 11) is 0. The van der Waals surface area contributed by atoms with Gasteiger partial charge in [0.1, 0.15) is 11.9 Å². The van der Waals surface area contributed by atoms with E-state index in [1.807, 2.05) is 0 Å². The Kier molecular flexibility index (Phi) is 5.72. The highest BCUT2D eigenvalue weighted by molar-refractivity contribution is 6.31. The second kappa shape index (κ2) is 7.06. The molecule has 0 aliphatic heterocycles. The molecule has 0 fully saturated rings. The van der Waals surface area contributed by atoms with Gasteiger partial charge in [-0.25, -0.2) is 9.18 Å². The number of hydrogen-bond donors (Lipinski definition) is 3. The van der Waals surface area contributed by atoms with Crippen LogP contribution in [-0.2, 0) is 16.0 Å². The van der Waals surface area contributed by atoms with E-state index in [1.54, 1.807) is 0 Å². The van der Waals surface area contributed by atoms with E-state index in [2.05, 4.69) is 5.32 Å². The topological polar surface area (TPSA) is 86.6 Å². The van der Waals surface area contributed by atoms with Crippen LogP contribution in [0.4, 0.5) is 4.39 Å². The summed E-state index contributed by atoms with van der Waals surface area (Å²) in [5, 5.41) is 19.8. The fourth-order valence-electron chi connectivity index (χ4n) is 1.49. The van der Waals surface area contributed by atoms with Crippen molar-refractivity contribution in [3.63, 3.8) is 0 Å². The monoisotopic (exact) mass is 289 g/mol. The zero-order valence-electron chi connectivity index (χ0n) is 9.90. The van der Waals surface area contributed by atoms with Gasteiger partial charge in [-0.05, 0) is 12.1 Å². The number of carboxylic acid groups (broad SMARTS) is 1. The quantitative estimate of drug-likeness (QED) is 0.728. The lowest BCUT2D eigenvalue weighted by Gasteiger charge is -2.13. The minimum atomic E-state index is -1.26. The number of carbonyl (C=O) groups is 2. The van der Waals surface area contributed by atoms with Gasteiger partial charge >= 0.3 is 5.97 Å². The Morgan fingerprint density at radius 2 is 2.11 bits per heavy atom. The fraction of sp³-hybridized carbons (Fsp3) is 0.333. The summed E-state index contributed by atoms with van der Waals surface area (Å²) in [4.78, 5) is 22.4. The molecule has 0 aliphatic rings. The molecule has 1 amide bonds. The van der Waals surface area contributed by atoms with E-state index in [9.17, 15) is 14.0 Å². The number of aliphatic hydroxyl groups is 1. The van der Waals surface area contributed by atoms with Crippen molar-refractivity contribution < 1.29 is 24.2 Å². The highest BCUT2D eigenvalue weighted by Gasteiger charge is 2.20. The summed E-state index contributed by atoms with van der Waals surface area (Å²) in [5.74, 6) is -2.56. The minimum absolute atomic E-state index is 0.00908. The van der Waals surface area contributed by atoms with Crippen molar-refractivity contribution in [3.8, 4) is 0 Å². The number of hydrogen-bond acceptors (Lipinski definition) is 3. The maximum absolute atomic E-state index is 13.4. The molecular formula is C12H13ClFNO4. The Balaban J connectivity index is 2.72. The smallest absolute Gasteiger partial charge is 0.326 e. The largest absolute Gasteiger partial charge is 0.480 e. The third-order valence-electron chi connectivity index (χ3n) is 2.45. The van der Waals surface area contributed by atoms with Gasteiger partial charge in [0.2, 0.25) is 5.91 Å². The molecule has 19 heavy (non-hydrogen) atoms. The molecule has 1 aromatic carbocycles. The van der Waals surface area contributed by atoms with Crippen molar-refractivity contribution in [1.82, 2.24) is 5.32 Å². The Hall–Kier alpha value is -1.66. The third kappa shape index (κ3) is 4.50. The zero-order chi connectivity index (χ0) is 14.4. The van der Waals surface area contributed by atoms with Gasteiger partial charge in [0.15, 0.2) is 0 Å². The molecule has 0 aliphatic carbocycles. The molecule has 7 heteroatoms. The second-order valence-electron chi connectivity index (χ2n) is 3.85. The summed E-state index contributed by atoms with van der Waals surface area (Å²) < 4.78 is 13.4. The van der Waals surface area contributed by atoms with Gasteiger partial charge in [0, 0.05) is 23.6 Å².